The molecule has 116 valence electrons. The number of nitrogens with one attached hydrogen (secondary N) is 1. The quantitative estimate of drug-likeness (QED) is 0.760. The monoisotopic (exact) mass is 307 g/mol. The van der Waals surface area contributed by atoms with Crippen molar-refractivity contribution in [2.45, 2.75) is 13.0 Å². The number of hydrogen-bond donors (Lipinski definition) is 2. The van der Waals surface area contributed by atoms with Gasteiger partial charge in [-0.15, -0.1) is 0 Å². The van der Waals surface area contributed by atoms with Gasteiger partial charge in [-0.1, -0.05) is 42.5 Å². The van der Waals surface area contributed by atoms with E-state index in [0.29, 0.717) is 5.75 Å². The molecule has 0 saturated heterocycles. The molecule has 1 heterocycles. The summed E-state index contributed by atoms with van der Waals surface area (Å²) in [5, 5.41) is 6.89. The smallest absolute Gasteiger partial charge is 0.258 e. The number of nitrogens with two attached hydrogens (primary N) is 1. The van der Waals surface area contributed by atoms with Crippen LogP contribution in [0.2, 0.25) is 0 Å². The first-order valence-electron chi connectivity index (χ1n) is 7.30. The van der Waals surface area contributed by atoms with Gasteiger partial charge in [0.05, 0.1) is 5.69 Å². The van der Waals surface area contributed by atoms with Crippen LogP contribution in [0, 0.1) is 0 Å². The van der Waals surface area contributed by atoms with E-state index in [1.165, 1.54) is 0 Å². The van der Waals surface area contributed by atoms with Crippen molar-refractivity contribution in [1.82, 2.24) is 10.2 Å². The van der Waals surface area contributed by atoms with E-state index in [9.17, 15) is 4.79 Å². The number of primary amides is 1. The van der Waals surface area contributed by atoms with E-state index in [4.69, 9.17) is 10.5 Å². The third kappa shape index (κ3) is 3.23. The Balaban J connectivity index is 1.91. The van der Waals surface area contributed by atoms with Crippen molar-refractivity contribution >= 4 is 5.91 Å². The lowest BCUT2D eigenvalue weighted by molar-refractivity contribution is -0.123. The fourth-order valence-electron chi connectivity index (χ4n) is 2.30. The van der Waals surface area contributed by atoms with Crippen molar-refractivity contribution in [2.24, 2.45) is 5.73 Å². The fourth-order valence-corrected chi connectivity index (χ4v) is 2.30. The van der Waals surface area contributed by atoms with E-state index >= 15 is 0 Å². The molecule has 0 bridgehead atoms. The Kier molecular flexibility index (Phi) is 4.10. The molecular weight excluding hydrogens is 290 g/mol. The van der Waals surface area contributed by atoms with Crippen LogP contribution < -0.4 is 10.5 Å². The van der Waals surface area contributed by atoms with Gasteiger partial charge in [0, 0.05) is 11.8 Å². The molecule has 3 rings (SSSR count). The van der Waals surface area contributed by atoms with E-state index < -0.39 is 12.0 Å². The SMILES string of the molecule is C[C@@H](Oc1ccccc1-c1ccc(-c2ccn[nH]2)cc1)C(N)=O. The summed E-state index contributed by atoms with van der Waals surface area (Å²) in [6, 6.07) is 17.5. The van der Waals surface area contributed by atoms with Crippen LogP contribution in [0.5, 0.6) is 5.75 Å². The first kappa shape index (κ1) is 14.8. The predicted octanol–water partition coefficient (Wildman–Crippen LogP) is 3.00. The summed E-state index contributed by atoms with van der Waals surface area (Å²) in [5.41, 5.74) is 9.20. The number of rotatable bonds is 5. The molecule has 2 aromatic carbocycles. The highest BCUT2D eigenvalue weighted by Crippen LogP contribution is 2.31. The first-order chi connectivity index (χ1) is 11.1. The molecule has 23 heavy (non-hydrogen) atoms. The molecular formula is C18H17N3O2. The zero-order valence-corrected chi connectivity index (χ0v) is 12.7. The predicted molar refractivity (Wildman–Crippen MR) is 88.7 cm³/mol. The number of amides is 1. The summed E-state index contributed by atoms with van der Waals surface area (Å²) in [7, 11) is 0. The molecule has 3 N–H and O–H groups in total. The average Bonchev–Trinajstić information content (AvgIpc) is 3.10. The molecule has 0 unspecified atom stereocenters. The molecule has 1 amide bonds. The number of ether oxygens (including phenoxy) is 1. The van der Waals surface area contributed by atoms with Gasteiger partial charge in [0.25, 0.3) is 5.91 Å². The summed E-state index contributed by atoms with van der Waals surface area (Å²) in [5.74, 6) is 0.141. The van der Waals surface area contributed by atoms with Crippen LogP contribution >= 0.6 is 0 Å². The fraction of sp³-hybridized carbons (Fsp3) is 0.111. The standard InChI is InChI=1S/C18H17N3O2/c1-12(18(19)22)23-17-5-3-2-4-15(17)13-6-8-14(9-7-13)16-10-11-20-21-16/h2-12H,1H3,(H2,19,22)(H,20,21)/t12-/m1/s1. The number of para-hydroxylation sites is 1. The number of benzene rings is 2. The van der Waals surface area contributed by atoms with Crippen molar-refractivity contribution in [3.63, 3.8) is 0 Å². The molecule has 1 atom stereocenters. The van der Waals surface area contributed by atoms with E-state index in [1.807, 2.05) is 54.6 Å². The number of carbonyl (C=O) groups excluding carboxylic acids is 1. The summed E-state index contributed by atoms with van der Waals surface area (Å²) >= 11 is 0. The molecule has 0 aliphatic rings. The third-order valence-electron chi connectivity index (χ3n) is 3.60. The van der Waals surface area contributed by atoms with Gasteiger partial charge in [-0.25, -0.2) is 0 Å². The zero-order chi connectivity index (χ0) is 16.2. The summed E-state index contributed by atoms with van der Waals surface area (Å²) in [6.07, 6.45) is 1.04. The van der Waals surface area contributed by atoms with E-state index in [2.05, 4.69) is 10.2 Å². The molecule has 0 saturated carbocycles. The molecule has 0 aliphatic carbocycles. The minimum absolute atomic E-state index is 0.491. The Hall–Kier alpha value is -3.08. The lowest BCUT2D eigenvalue weighted by Crippen LogP contribution is -2.30. The van der Waals surface area contributed by atoms with Crippen molar-refractivity contribution in [1.29, 1.82) is 0 Å². The number of H-pyrrole nitrogens is 1. The highest BCUT2D eigenvalue weighted by atomic mass is 16.5. The lowest BCUT2D eigenvalue weighted by atomic mass is 10.0. The van der Waals surface area contributed by atoms with Gasteiger partial charge in [-0.2, -0.15) is 5.10 Å². The van der Waals surface area contributed by atoms with Crippen LogP contribution in [-0.4, -0.2) is 22.2 Å². The Labute approximate surface area is 134 Å². The molecule has 0 radical (unpaired) electrons. The normalized spacial score (nSPS) is 11.9. The maximum absolute atomic E-state index is 11.2. The number of carbonyl (C=O) groups is 1. The number of hydrogen-bond acceptors (Lipinski definition) is 3. The first-order valence-corrected chi connectivity index (χ1v) is 7.30. The Morgan fingerprint density at radius 1 is 1.09 bits per heavy atom. The van der Waals surface area contributed by atoms with Crippen LogP contribution in [0.15, 0.2) is 60.8 Å². The Morgan fingerprint density at radius 3 is 2.43 bits per heavy atom. The lowest BCUT2D eigenvalue weighted by Gasteiger charge is -2.15. The highest BCUT2D eigenvalue weighted by molar-refractivity contribution is 5.79. The second-order valence-electron chi connectivity index (χ2n) is 5.21. The topological polar surface area (TPSA) is 81.0 Å². The van der Waals surface area contributed by atoms with Gasteiger partial charge in [0.1, 0.15) is 5.75 Å². The van der Waals surface area contributed by atoms with Gasteiger partial charge in [0.2, 0.25) is 0 Å². The third-order valence-corrected chi connectivity index (χ3v) is 3.60. The average molecular weight is 307 g/mol. The molecule has 5 nitrogen and oxygen atoms in total. The number of nitrogens with zero attached hydrogens (tertiary/aromatic N) is 1. The minimum atomic E-state index is -0.680. The summed E-state index contributed by atoms with van der Waals surface area (Å²) < 4.78 is 5.67. The highest BCUT2D eigenvalue weighted by Gasteiger charge is 2.13. The number of aromatic amines is 1. The van der Waals surface area contributed by atoms with E-state index in [1.54, 1.807) is 13.1 Å². The van der Waals surface area contributed by atoms with Gasteiger partial charge in [0.15, 0.2) is 6.10 Å². The second kappa shape index (κ2) is 6.36. The van der Waals surface area contributed by atoms with Crippen LogP contribution in [0.4, 0.5) is 0 Å². The second-order valence-corrected chi connectivity index (χ2v) is 5.21. The van der Waals surface area contributed by atoms with Gasteiger partial charge < -0.3 is 10.5 Å². The van der Waals surface area contributed by atoms with Crippen molar-refractivity contribution in [3.8, 4) is 28.1 Å². The summed E-state index contributed by atoms with van der Waals surface area (Å²) in [4.78, 5) is 11.2. The van der Waals surface area contributed by atoms with E-state index in [-0.39, 0.29) is 0 Å². The zero-order valence-electron chi connectivity index (χ0n) is 12.7. The van der Waals surface area contributed by atoms with Crippen LogP contribution in [0.1, 0.15) is 6.92 Å². The molecule has 1 aromatic heterocycles. The molecule has 0 fully saturated rings. The van der Waals surface area contributed by atoms with Crippen molar-refractivity contribution in [3.05, 3.63) is 60.8 Å². The molecule has 0 spiro atoms. The maximum Gasteiger partial charge on any atom is 0.258 e. The van der Waals surface area contributed by atoms with Crippen molar-refractivity contribution < 1.29 is 9.53 Å². The van der Waals surface area contributed by atoms with Gasteiger partial charge >= 0.3 is 0 Å². The van der Waals surface area contributed by atoms with Gasteiger partial charge in [-0.3, -0.25) is 9.89 Å². The molecule has 5 heteroatoms. The summed E-state index contributed by atoms with van der Waals surface area (Å²) in [6.45, 7) is 1.64. The Morgan fingerprint density at radius 2 is 1.78 bits per heavy atom. The van der Waals surface area contributed by atoms with Crippen LogP contribution in [0.25, 0.3) is 22.4 Å². The molecule has 0 aliphatic heterocycles. The van der Waals surface area contributed by atoms with E-state index in [0.717, 1.165) is 22.4 Å². The maximum atomic E-state index is 11.2. The van der Waals surface area contributed by atoms with Gasteiger partial charge in [-0.05, 0) is 30.2 Å². The minimum Gasteiger partial charge on any atom is -0.480 e. The Bertz CT molecular complexity index is 795. The number of aromatic nitrogens is 2. The van der Waals surface area contributed by atoms with Crippen LogP contribution in [-0.2, 0) is 4.79 Å². The van der Waals surface area contributed by atoms with Crippen molar-refractivity contribution in [2.75, 3.05) is 0 Å². The largest absolute Gasteiger partial charge is 0.480 e. The van der Waals surface area contributed by atoms with Crippen LogP contribution in [0.3, 0.4) is 0 Å². The molecule has 3 aromatic rings.